The molecule has 0 atom stereocenters. The number of benzene rings is 1. The first-order chi connectivity index (χ1) is 8.20. The molecule has 4 nitrogen and oxygen atoms in total. The number of rotatable bonds is 3. The molecule has 17 heavy (non-hydrogen) atoms. The van der Waals surface area contributed by atoms with Crippen LogP contribution in [0.2, 0.25) is 0 Å². The third-order valence-electron chi connectivity index (χ3n) is 2.43. The lowest BCUT2D eigenvalue weighted by atomic mass is 10.1. The summed E-state index contributed by atoms with van der Waals surface area (Å²) in [6.45, 7) is 0. The highest BCUT2D eigenvalue weighted by atomic mass is 35.5. The number of aromatic nitrogens is 2. The number of hydrogen-bond acceptors (Lipinski definition) is 2. The highest BCUT2D eigenvalue weighted by molar-refractivity contribution is 6.17. The fraction of sp³-hybridized carbons (Fsp3) is 0.167. The third kappa shape index (κ3) is 2.65. The molecule has 0 radical (unpaired) electrons. The minimum atomic E-state index is -0.158. The van der Waals surface area contributed by atoms with Gasteiger partial charge < -0.3 is 5.32 Å². The number of anilines is 1. The van der Waals surface area contributed by atoms with Gasteiger partial charge in [0.1, 0.15) is 5.82 Å². The van der Waals surface area contributed by atoms with Crippen LogP contribution in [0.15, 0.2) is 36.5 Å². The van der Waals surface area contributed by atoms with Crippen molar-refractivity contribution in [1.29, 1.82) is 0 Å². The minimum Gasteiger partial charge on any atom is -0.307 e. The molecule has 0 saturated heterocycles. The number of amides is 1. The molecule has 0 bridgehead atoms. The maximum absolute atomic E-state index is 11.9. The van der Waals surface area contributed by atoms with E-state index in [-0.39, 0.29) is 5.91 Å². The SMILES string of the molecule is Cn1nccc1NC(=O)c1ccc(CCl)cc1. The zero-order valence-corrected chi connectivity index (χ0v) is 10.1. The number of hydrogen-bond donors (Lipinski definition) is 1. The number of nitrogens with zero attached hydrogens (tertiary/aromatic N) is 2. The van der Waals surface area contributed by atoms with E-state index in [0.29, 0.717) is 17.3 Å². The van der Waals surface area contributed by atoms with Crippen LogP contribution in [0, 0.1) is 0 Å². The Morgan fingerprint density at radius 1 is 1.35 bits per heavy atom. The number of nitrogens with one attached hydrogen (secondary N) is 1. The topological polar surface area (TPSA) is 46.9 Å². The van der Waals surface area contributed by atoms with Crippen LogP contribution in [-0.4, -0.2) is 15.7 Å². The molecular weight excluding hydrogens is 238 g/mol. The second-order valence-corrected chi connectivity index (χ2v) is 3.89. The average molecular weight is 250 g/mol. The van der Waals surface area contributed by atoms with Gasteiger partial charge in [0.05, 0.1) is 6.20 Å². The number of aryl methyl sites for hydroxylation is 1. The highest BCUT2D eigenvalue weighted by Gasteiger charge is 2.07. The van der Waals surface area contributed by atoms with Crippen molar-refractivity contribution in [2.75, 3.05) is 5.32 Å². The molecule has 88 valence electrons. The molecule has 2 aromatic rings. The average Bonchev–Trinajstić information content (AvgIpc) is 2.75. The number of carbonyl (C=O) groups excluding carboxylic acids is 1. The largest absolute Gasteiger partial charge is 0.307 e. The summed E-state index contributed by atoms with van der Waals surface area (Å²) in [6, 6.07) is 8.92. The zero-order valence-electron chi connectivity index (χ0n) is 9.35. The van der Waals surface area contributed by atoms with Gasteiger partial charge in [-0.05, 0) is 17.7 Å². The molecule has 1 N–H and O–H groups in total. The summed E-state index contributed by atoms with van der Waals surface area (Å²) >= 11 is 5.68. The molecule has 1 aromatic carbocycles. The summed E-state index contributed by atoms with van der Waals surface area (Å²) in [5.41, 5.74) is 1.59. The normalized spacial score (nSPS) is 10.2. The van der Waals surface area contributed by atoms with Gasteiger partial charge in [-0.3, -0.25) is 9.48 Å². The molecular formula is C12H12ClN3O. The molecule has 1 aromatic heterocycles. The first-order valence-electron chi connectivity index (χ1n) is 5.15. The van der Waals surface area contributed by atoms with Crippen LogP contribution in [-0.2, 0) is 12.9 Å². The van der Waals surface area contributed by atoms with E-state index in [0.717, 1.165) is 5.56 Å². The first kappa shape index (κ1) is 11.7. The molecule has 0 unspecified atom stereocenters. The van der Waals surface area contributed by atoms with E-state index in [2.05, 4.69) is 10.4 Å². The van der Waals surface area contributed by atoms with Crippen LogP contribution in [0.3, 0.4) is 0 Å². The third-order valence-corrected chi connectivity index (χ3v) is 2.74. The molecule has 1 heterocycles. The summed E-state index contributed by atoms with van der Waals surface area (Å²) < 4.78 is 1.60. The van der Waals surface area contributed by atoms with Crippen molar-refractivity contribution in [3.8, 4) is 0 Å². The summed E-state index contributed by atoms with van der Waals surface area (Å²) in [6.07, 6.45) is 1.63. The van der Waals surface area contributed by atoms with Crippen molar-refractivity contribution in [2.24, 2.45) is 7.05 Å². The number of carbonyl (C=O) groups is 1. The molecule has 2 rings (SSSR count). The van der Waals surface area contributed by atoms with Crippen molar-refractivity contribution in [3.63, 3.8) is 0 Å². The second kappa shape index (κ2) is 5.01. The van der Waals surface area contributed by atoms with Crippen molar-refractivity contribution in [2.45, 2.75) is 5.88 Å². The van der Waals surface area contributed by atoms with Gasteiger partial charge in [0.2, 0.25) is 0 Å². The Bertz CT molecular complexity index is 519. The van der Waals surface area contributed by atoms with Gasteiger partial charge >= 0.3 is 0 Å². The predicted octanol–water partition coefficient (Wildman–Crippen LogP) is 2.41. The quantitative estimate of drug-likeness (QED) is 0.850. The van der Waals surface area contributed by atoms with Crippen LogP contribution in [0.4, 0.5) is 5.82 Å². The minimum absolute atomic E-state index is 0.158. The summed E-state index contributed by atoms with van der Waals surface area (Å²) in [5.74, 6) is 0.954. The molecule has 0 aliphatic carbocycles. The van der Waals surface area contributed by atoms with Crippen LogP contribution in [0.1, 0.15) is 15.9 Å². The van der Waals surface area contributed by atoms with Crippen LogP contribution in [0.5, 0.6) is 0 Å². The van der Waals surface area contributed by atoms with Gasteiger partial charge in [0, 0.05) is 24.6 Å². The Labute approximate surface area is 104 Å². The Morgan fingerprint density at radius 2 is 2.06 bits per heavy atom. The molecule has 0 spiro atoms. The van der Waals surface area contributed by atoms with E-state index >= 15 is 0 Å². The highest BCUT2D eigenvalue weighted by Crippen LogP contribution is 2.10. The lowest BCUT2D eigenvalue weighted by molar-refractivity contribution is 0.102. The van der Waals surface area contributed by atoms with Crippen molar-refractivity contribution < 1.29 is 4.79 Å². The van der Waals surface area contributed by atoms with Crippen LogP contribution >= 0.6 is 11.6 Å². The van der Waals surface area contributed by atoms with E-state index in [1.165, 1.54) is 0 Å². The summed E-state index contributed by atoms with van der Waals surface area (Å²) in [5, 5.41) is 6.75. The zero-order chi connectivity index (χ0) is 12.3. The van der Waals surface area contributed by atoms with Gasteiger partial charge in [-0.25, -0.2) is 0 Å². The smallest absolute Gasteiger partial charge is 0.256 e. The maximum atomic E-state index is 11.9. The lowest BCUT2D eigenvalue weighted by Gasteiger charge is -2.05. The van der Waals surface area contributed by atoms with Gasteiger partial charge in [-0.1, -0.05) is 12.1 Å². The second-order valence-electron chi connectivity index (χ2n) is 3.62. The fourth-order valence-corrected chi connectivity index (χ4v) is 1.61. The Balaban J connectivity index is 2.12. The van der Waals surface area contributed by atoms with Gasteiger partial charge in [0.25, 0.3) is 5.91 Å². The van der Waals surface area contributed by atoms with E-state index in [1.807, 2.05) is 12.1 Å². The van der Waals surface area contributed by atoms with Crippen molar-refractivity contribution in [3.05, 3.63) is 47.7 Å². The van der Waals surface area contributed by atoms with Gasteiger partial charge in [0.15, 0.2) is 0 Å². The molecule has 0 fully saturated rings. The monoisotopic (exact) mass is 249 g/mol. The van der Waals surface area contributed by atoms with Gasteiger partial charge in [-0.15, -0.1) is 11.6 Å². The van der Waals surface area contributed by atoms with E-state index < -0.39 is 0 Å². The maximum Gasteiger partial charge on any atom is 0.256 e. The molecule has 0 aliphatic heterocycles. The van der Waals surface area contributed by atoms with Crippen molar-refractivity contribution in [1.82, 2.24) is 9.78 Å². The Morgan fingerprint density at radius 3 is 2.59 bits per heavy atom. The summed E-state index contributed by atoms with van der Waals surface area (Å²) in [4.78, 5) is 11.9. The standard InChI is InChI=1S/C12H12ClN3O/c1-16-11(6-7-14-16)15-12(17)10-4-2-9(8-13)3-5-10/h2-7H,8H2,1H3,(H,15,17). The molecule has 5 heteroatoms. The van der Waals surface area contributed by atoms with E-state index in [1.54, 1.807) is 36.1 Å². The Hall–Kier alpha value is -1.81. The molecule has 0 saturated carbocycles. The predicted molar refractivity (Wildman–Crippen MR) is 67.2 cm³/mol. The molecule has 1 amide bonds. The van der Waals surface area contributed by atoms with Gasteiger partial charge in [-0.2, -0.15) is 5.10 Å². The van der Waals surface area contributed by atoms with Crippen molar-refractivity contribution >= 4 is 23.3 Å². The summed E-state index contributed by atoms with van der Waals surface area (Å²) in [7, 11) is 1.77. The number of halogens is 1. The Kier molecular flexibility index (Phi) is 3.44. The van der Waals surface area contributed by atoms with Crippen LogP contribution in [0.25, 0.3) is 0 Å². The number of alkyl halides is 1. The van der Waals surface area contributed by atoms with Crippen LogP contribution < -0.4 is 5.32 Å². The first-order valence-corrected chi connectivity index (χ1v) is 5.68. The van der Waals surface area contributed by atoms with E-state index in [4.69, 9.17) is 11.6 Å². The lowest BCUT2D eigenvalue weighted by Crippen LogP contribution is -2.14. The molecule has 0 aliphatic rings. The van der Waals surface area contributed by atoms with E-state index in [9.17, 15) is 4.79 Å². The fourth-order valence-electron chi connectivity index (χ4n) is 1.43.